The molecule has 5 heteroatoms. The smallest absolute Gasteiger partial charge is 0.223 e. The summed E-state index contributed by atoms with van der Waals surface area (Å²) in [6.07, 6.45) is 1.33. The van der Waals surface area contributed by atoms with E-state index in [0.29, 0.717) is 24.5 Å². The Bertz CT molecular complexity index is 449. The van der Waals surface area contributed by atoms with E-state index >= 15 is 0 Å². The second-order valence-electron chi connectivity index (χ2n) is 4.25. The Labute approximate surface area is 118 Å². The molecule has 1 aromatic rings. The number of anilines is 1. The maximum absolute atomic E-state index is 11.6. The topological polar surface area (TPSA) is 49.4 Å². The third-order valence-electron chi connectivity index (χ3n) is 2.63. The maximum Gasteiger partial charge on any atom is 0.223 e. The molecule has 0 radical (unpaired) electrons. The van der Waals surface area contributed by atoms with E-state index in [2.05, 4.69) is 5.32 Å². The van der Waals surface area contributed by atoms with Crippen LogP contribution in [-0.2, 0) is 9.59 Å². The Morgan fingerprint density at radius 3 is 2.68 bits per heavy atom. The number of carbonyl (C=O) groups excluding carboxylic acids is 2. The summed E-state index contributed by atoms with van der Waals surface area (Å²) in [7, 11) is 0. The van der Waals surface area contributed by atoms with E-state index in [1.807, 2.05) is 13.0 Å². The van der Waals surface area contributed by atoms with Gasteiger partial charge in [-0.2, -0.15) is 0 Å². The Morgan fingerprint density at radius 2 is 2.11 bits per heavy atom. The van der Waals surface area contributed by atoms with Gasteiger partial charge in [-0.3, -0.25) is 9.59 Å². The van der Waals surface area contributed by atoms with Crippen molar-refractivity contribution in [3.63, 3.8) is 0 Å². The van der Waals surface area contributed by atoms with E-state index in [1.165, 1.54) is 6.92 Å². The standard InChI is InChI=1S/C14H19ClN2O2/c1-3-5-14(19)16-8-9-17(11(2)18)13-7-4-6-12(15)10-13/h4,6-7,10H,3,5,8-9H2,1-2H3,(H,16,19). The van der Waals surface area contributed by atoms with E-state index in [-0.39, 0.29) is 11.8 Å². The molecular formula is C14H19ClN2O2. The Kier molecular flexibility index (Phi) is 6.36. The molecule has 4 nitrogen and oxygen atoms in total. The minimum atomic E-state index is -0.0768. The molecule has 0 saturated heterocycles. The van der Waals surface area contributed by atoms with Gasteiger partial charge in [-0.15, -0.1) is 0 Å². The predicted molar refractivity (Wildman–Crippen MR) is 77.4 cm³/mol. The number of hydrogen-bond acceptors (Lipinski definition) is 2. The highest BCUT2D eigenvalue weighted by Crippen LogP contribution is 2.19. The van der Waals surface area contributed by atoms with Crippen molar-refractivity contribution in [3.05, 3.63) is 29.3 Å². The molecule has 0 spiro atoms. The first-order valence-electron chi connectivity index (χ1n) is 6.35. The van der Waals surface area contributed by atoms with Crippen LogP contribution in [0.25, 0.3) is 0 Å². The zero-order valence-corrected chi connectivity index (χ0v) is 12.0. The molecule has 0 heterocycles. The second-order valence-corrected chi connectivity index (χ2v) is 4.69. The van der Waals surface area contributed by atoms with Crippen LogP contribution in [0.2, 0.25) is 5.02 Å². The highest BCUT2D eigenvalue weighted by molar-refractivity contribution is 6.30. The molecule has 19 heavy (non-hydrogen) atoms. The van der Waals surface area contributed by atoms with E-state index in [4.69, 9.17) is 11.6 Å². The quantitative estimate of drug-likeness (QED) is 0.872. The first-order chi connectivity index (χ1) is 9.04. The average molecular weight is 283 g/mol. The number of amides is 2. The van der Waals surface area contributed by atoms with Gasteiger partial charge in [0.25, 0.3) is 0 Å². The van der Waals surface area contributed by atoms with Crippen LogP contribution in [0, 0.1) is 0 Å². The molecule has 0 atom stereocenters. The van der Waals surface area contributed by atoms with E-state index in [0.717, 1.165) is 12.1 Å². The summed E-state index contributed by atoms with van der Waals surface area (Å²) in [5.41, 5.74) is 0.741. The summed E-state index contributed by atoms with van der Waals surface area (Å²) < 4.78 is 0. The Morgan fingerprint density at radius 1 is 1.37 bits per heavy atom. The second kappa shape index (κ2) is 7.79. The van der Waals surface area contributed by atoms with Crippen molar-refractivity contribution in [1.29, 1.82) is 0 Å². The van der Waals surface area contributed by atoms with Crippen LogP contribution in [0.4, 0.5) is 5.69 Å². The summed E-state index contributed by atoms with van der Waals surface area (Å²) in [5, 5.41) is 3.37. The van der Waals surface area contributed by atoms with E-state index in [9.17, 15) is 9.59 Å². The maximum atomic E-state index is 11.6. The number of benzene rings is 1. The van der Waals surface area contributed by atoms with Gasteiger partial charge in [0.15, 0.2) is 0 Å². The third kappa shape index (κ3) is 5.30. The average Bonchev–Trinajstić information content (AvgIpc) is 2.34. The molecule has 0 fully saturated rings. The molecule has 0 aliphatic heterocycles. The fourth-order valence-electron chi connectivity index (χ4n) is 1.73. The van der Waals surface area contributed by atoms with Crippen LogP contribution < -0.4 is 10.2 Å². The number of hydrogen-bond donors (Lipinski definition) is 1. The molecular weight excluding hydrogens is 264 g/mol. The minimum absolute atomic E-state index is 0.0112. The van der Waals surface area contributed by atoms with Crippen LogP contribution in [0.15, 0.2) is 24.3 Å². The normalized spacial score (nSPS) is 10.1. The fraction of sp³-hybridized carbons (Fsp3) is 0.429. The minimum Gasteiger partial charge on any atom is -0.354 e. The lowest BCUT2D eigenvalue weighted by Crippen LogP contribution is -2.37. The van der Waals surface area contributed by atoms with Gasteiger partial charge < -0.3 is 10.2 Å². The molecule has 1 rings (SSSR count). The van der Waals surface area contributed by atoms with Crippen LogP contribution in [0.1, 0.15) is 26.7 Å². The Hall–Kier alpha value is -1.55. The number of halogens is 1. The van der Waals surface area contributed by atoms with Gasteiger partial charge >= 0.3 is 0 Å². The van der Waals surface area contributed by atoms with Gasteiger partial charge in [0, 0.05) is 37.1 Å². The molecule has 2 amide bonds. The third-order valence-corrected chi connectivity index (χ3v) is 2.87. The lowest BCUT2D eigenvalue weighted by molar-refractivity contribution is -0.121. The first-order valence-corrected chi connectivity index (χ1v) is 6.72. The number of nitrogens with zero attached hydrogens (tertiary/aromatic N) is 1. The fourth-order valence-corrected chi connectivity index (χ4v) is 1.92. The summed E-state index contributed by atoms with van der Waals surface area (Å²) in [5.74, 6) is -0.0656. The van der Waals surface area contributed by atoms with Gasteiger partial charge in [0.1, 0.15) is 0 Å². The van der Waals surface area contributed by atoms with Crippen LogP contribution >= 0.6 is 11.6 Å². The molecule has 0 saturated carbocycles. The van der Waals surface area contributed by atoms with Gasteiger partial charge in [-0.1, -0.05) is 24.6 Å². The zero-order chi connectivity index (χ0) is 14.3. The highest BCUT2D eigenvalue weighted by atomic mass is 35.5. The van der Waals surface area contributed by atoms with Crippen molar-refractivity contribution < 1.29 is 9.59 Å². The summed E-state index contributed by atoms with van der Waals surface area (Å²) >= 11 is 5.91. The SMILES string of the molecule is CCCC(=O)NCCN(C(C)=O)c1cccc(Cl)c1. The van der Waals surface area contributed by atoms with Crippen molar-refractivity contribution in [2.75, 3.05) is 18.0 Å². The highest BCUT2D eigenvalue weighted by Gasteiger charge is 2.11. The molecule has 104 valence electrons. The van der Waals surface area contributed by atoms with Gasteiger partial charge in [0.05, 0.1) is 0 Å². The number of rotatable bonds is 6. The predicted octanol–water partition coefficient (Wildman–Crippen LogP) is 2.61. The van der Waals surface area contributed by atoms with Gasteiger partial charge in [-0.05, 0) is 24.6 Å². The monoisotopic (exact) mass is 282 g/mol. The van der Waals surface area contributed by atoms with Gasteiger partial charge in [-0.25, -0.2) is 0 Å². The van der Waals surface area contributed by atoms with Crippen molar-refractivity contribution in [2.24, 2.45) is 0 Å². The lowest BCUT2D eigenvalue weighted by Gasteiger charge is -2.21. The molecule has 0 aromatic heterocycles. The molecule has 0 bridgehead atoms. The zero-order valence-electron chi connectivity index (χ0n) is 11.3. The summed E-state index contributed by atoms with van der Waals surface area (Å²) in [6, 6.07) is 7.10. The largest absolute Gasteiger partial charge is 0.354 e. The molecule has 1 aromatic carbocycles. The Balaban J connectivity index is 2.59. The van der Waals surface area contributed by atoms with Crippen molar-refractivity contribution >= 4 is 29.1 Å². The van der Waals surface area contributed by atoms with Crippen molar-refractivity contribution in [3.8, 4) is 0 Å². The first kappa shape index (κ1) is 15.5. The number of carbonyl (C=O) groups is 2. The molecule has 0 aliphatic rings. The van der Waals surface area contributed by atoms with Gasteiger partial charge in [0.2, 0.25) is 11.8 Å². The summed E-state index contributed by atoms with van der Waals surface area (Å²) in [4.78, 5) is 24.6. The summed E-state index contributed by atoms with van der Waals surface area (Å²) in [6.45, 7) is 4.32. The molecule has 1 N–H and O–H groups in total. The van der Waals surface area contributed by atoms with E-state index < -0.39 is 0 Å². The van der Waals surface area contributed by atoms with Crippen molar-refractivity contribution in [1.82, 2.24) is 5.32 Å². The van der Waals surface area contributed by atoms with Crippen LogP contribution in [0.5, 0.6) is 0 Å². The molecule has 0 unspecified atom stereocenters. The van der Waals surface area contributed by atoms with Crippen LogP contribution in [0.3, 0.4) is 0 Å². The van der Waals surface area contributed by atoms with E-state index in [1.54, 1.807) is 23.1 Å². The number of nitrogens with one attached hydrogen (secondary N) is 1. The lowest BCUT2D eigenvalue weighted by atomic mass is 10.2. The molecule has 0 aliphatic carbocycles. The van der Waals surface area contributed by atoms with Crippen molar-refractivity contribution in [2.45, 2.75) is 26.7 Å². The van der Waals surface area contributed by atoms with Crippen LogP contribution in [-0.4, -0.2) is 24.9 Å².